The first kappa shape index (κ1) is 15.3. The number of hydrogen-bond acceptors (Lipinski definition) is 4. The lowest BCUT2D eigenvalue weighted by Crippen LogP contribution is -2.54. The Balaban J connectivity index is 1.40. The Bertz CT molecular complexity index is 330. The fourth-order valence-corrected chi connectivity index (χ4v) is 3.83. The standard InChI is InChI=1S/C16H29N3O2/c20-16(14-17-10-12-21-13-11-17)19-8-6-18(7-9-19)15-4-2-1-3-5-15/h15H,1-14H2. The Morgan fingerprint density at radius 3 is 2.24 bits per heavy atom. The van der Waals surface area contributed by atoms with Crippen molar-refractivity contribution in [2.24, 2.45) is 0 Å². The average molecular weight is 295 g/mol. The predicted octanol–water partition coefficient (Wildman–Crippen LogP) is 0.796. The molecule has 2 heterocycles. The average Bonchev–Trinajstić information content (AvgIpc) is 2.57. The van der Waals surface area contributed by atoms with Crippen LogP contribution in [0.3, 0.4) is 0 Å². The predicted molar refractivity (Wildman–Crippen MR) is 82.3 cm³/mol. The van der Waals surface area contributed by atoms with Crippen LogP contribution in [-0.4, -0.2) is 85.7 Å². The smallest absolute Gasteiger partial charge is 0.236 e. The van der Waals surface area contributed by atoms with Crippen LogP contribution >= 0.6 is 0 Å². The quantitative estimate of drug-likeness (QED) is 0.771. The van der Waals surface area contributed by atoms with Gasteiger partial charge in [0, 0.05) is 45.3 Å². The number of piperazine rings is 1. The highest BCUT2D eigenvalue weighted by atomic mass is 16.5. The number of morpholine rings is 1. The van der Waals surface area contributed by atoms with Crippen molar-refractivity contribution in [3.05, 3.63) is 0 Å². The molecule has 0 radical (unpaired) electrons. The van der Waals surface area contributed by atoms with Crippen molar-refractivity contribution >= 4 is 5.91 Å². The van der Waals surface area contributed by atoms with Gasteiger partial charge < -0.3 is 9.64 Å². The van der Waals surface area contributed by atoms with E-state index in [9.17, 15) is 4.79 Å². The molecule has 5 heteroatoms. The molecular weight excluding hydrogens is 266 g/mol. The molecule has 0 unspecified atom stereocenters. The molecular formula is C16H29N3O2. The summed E-state index contributed by atoms with van der Waals surface area (Å²) in [6, 6.07) is 0.787. The van der Waals surface area contributed by atoms with E-state index in [0.717, 1.165) is 58.5 Å². The van der Waals surface area contributed by atoms with Crippen LogP contribution in [0.15, 0.2) is 0 Å². The molecule has 3 fully saturated rings. The van der Waals surface area contributed by atoms with E-state index in [-0.39, 0.29) is 0 Å². The van der Waals surface area contributed by atoms with Crippen LogP contribution in [0.2, 0.25) is 0 Å². The van der Waals surface area contributed by atoms with Crippen LogP contribution in [-0.2, 0) is 9.53 Å². The van der Waals surface area contributed by atoms with E-state index in [1.165, 1.54) is 32.1 Å². The summed E-state index contributed by atoms with van der Waals surface area (Å²) < 4.78 is 5.33. The molecule has 0 spiro atoms. The topological polar surface area (TPSA) is 36.0 Å². The summed E-state index contributed by atoms with van der Waals surface area (Å²) >= 11 is 0. The molecule has 0 aromatic carbocycles. The van der Waals surface area contributed by atoms with E-state index in [0.29, 0.717) is 12.5 Å². The lowest BCUT2D eigenvalue weighted by molar-refractivity contribution is -0.135. The number of carbonyl (C=O) groups is 1. The third-order valence-electron chi connectivity index (χ3n) is 5.22. The van der Waals surface area contributed by atoms with Gasteiger partial charge in [0.1, 0.15) is 0 Å². The summed E-state index contributed by atoms with van der Waals surface area (Å²) in [4.78, 5) is 19.3. The first-order valence-corrected chi connectivity index (χ1v) is 8.65. The normalized spacial score (nSPS) is 27.0. The van der Waals surface area contributed by atoms with Crippen molar-refractivity contribution in [3.63, 3.8) is 0 Å². The lowest BCUT2D eigenvalue weighted by atomic mass is 9.94. The Morgan fingerprint density at radius 2 is 1.57 bits per heavy atom. The first-order valence-electron chi connectivity index (χ1n) is 8.65. The molecule has 21 heavy (non-hydrogen) atoms. The Morgan fingerprint density at radius 1 is 0.905 bits per heavy atom. The Hall–Kier alpha value is -0.650. The van der Waals surface area contributed by atoms with Crippen molar-refractivity contribution in [1.29, 1.82) is 0 Å². The minimum Gasteiger partial charge on any atom is -0.379 e. The monoisotopic (exact) mass is 295 g/mol. The lowest BCUT2D eigenvalue weighted by Gasteiger charge is -2.41. The highest BCUT2D eigenvalue weighted by molar-refractivity contribution is 5.78. The number of rotatable bonds is 3. The summed E-state index contributed by atoms with van der Waals surface area (Å²) in [6.45, 7) is 7.87. The molecule has 2 aliphatic heterocycles. The molecule has 3 rings (SSSR count). The molecule has 1 amide bonds. The molecule has 0 bridgehead atoms. The third kappa shape index (κ3) is 4.18. The van der Waals surface area contributed by atoms with Gasteiger partial charge in [0.05, 0.1) is 19.8 Å². The van der Waals surface area contributed by atoms with Crippen LogP contribution in [0.5, 0.6) is 0 Å². The SMILES string of the molecule is O=C(CN1CCOCC1)N1CCN(C2CCCCC2)CC1. The van der Waals surface area contributed by atoms with Gasteiger partial charge in [0.15, 0.2) is 0 Å². The fraction of sp³-hybridized carbons (Fsp3) is 0.938. The van der Waals surface area contributed by atoms with Crippen LogP contribution in [0.25, 0.3) is 0 Å². The zero-order valence-corrected chi connectivity index (χ0v) is 13.1. The van der Waals surface area contributed by atoms with Crippen LogP contribution < -0.4 is 0 Å². The summed E-state index contributed by atoms with van der Waals surface area (Å²) in [7, 11) is 0. The van der Waals surface area contributed by atoms with Crippen molar-refractivity contribution in [3.8, 4) is 0 Å². The molecule has 1 saturated carbocycles. The van der Waals surface area contributed by atoms with E-state index in [1.54, 1.807) is 0 Å². The summed E-state index contributed by atoms with van der Waals surface area (Å²) in [6.07, 6.45) is 6.92. The molecule has 1 aliphatic carbocycles. The van der Waals surface area contributed by atoms with Gasteiger partial charge in [-0.25, -0.2) is 0 Å². The number of amides is 1. The second-order valence-electron chi connectivity index (χ2n) is 6.60. The number of ether oxygens (including phenoxy) is 1. The van der Waals surface area contributed by atoms with Gasteiger partial charge in [-0.2, -0.15) is 0 Å². The van der Waals surface area contributed by atoms with Gasteiger partial charge in [-0.05, 0) is 12.8 Å². The van der Waals surface area contributed by atoms with Gasteiger partial charge >= 0.3 is 0 Å². The van der Waals surface area contributed by atoms with Crippen molar-refractivity contribution in [2.45, 2.75) is 38.1 Å². The maximum absolute atomic E-state index is 12.4. The molecule has 0 aromatic rings. The van der Waals surface area contributed by atoms with E-state index in [2.05, 4.69) is 14.7 Å². The summed E-state index contributed by atoms with van der Waals surface area (Å²) in [5.41, 5.74) is 0. The minimum absolute atomic E-state index is 0.306. The van der Waals surface area contributed by atoms with E-state index in [1.807, 2.05) is 0 Å². The molecule has 0 aromatic heterocycles. The minimum atomic E-state index is 0.306. The van der Waals surface area contributed by atoms with Crippen molar-refractivity contribution in [1.82, 2.24) is 14.7 Å². The number of carbonyl (C=O) groups excluding carboxylic acids is 1. The van der Waals surface area contributed by atoms with E-state index in [4.69, 9.17) is 4.74 Å². The fourth-order valence-electron chi connectivity index (χ4n) is 3.83. The number of hydrogen-bond donors (Lipinski definition) is 0. The maximum atomic E-state index is 12.4. The van der Waals surface area contributed by atoms with Crippen LogP contribution in [0.1, 0.15) is 32.1 Å². The van der Waals surface area contributed by atoms with Crippen molar-refractivity contribution < 1.29 is 9.53 Å². The molecule has 3 aliphatic rings. The van der Waals surface area contributed by atoms with Crippen molar-refractivity contribution in [2.75, 3.05) is 59.0 Å². The second kappa shape index (κ2) is 7.56. The third-order valence-corrected chi connectivity index (χ3v) is 5.22. The van der Waals surface area contributed by atoms with Gasteiger partial charge in [-0.15, -0.1) is 0 Å². The zero-order valence-electron chi connectivity index (χ0n) is 13.1. The van der Waals surface area contributed by atoms with E-state index >= 15 is 0 Å². The van der Waals surface area contributed by atoms with Gasteiger partial charge in [0.25, 0.3) is 0 Å². The molecule has 120 valence electrons. The molecule has 5 nitrogen and oxygen atoms in total. The highest BCUT2D eigenvalue weighted by Gasteiger charge is 2.27. The Kier molecular flexibility index (Phi) is 5.49. The van der Waals surface area contributed by atoms with Gasteiger partial charge in [0.2, 0.25) is 5.91 Å². The molecule has 0 N–H and O–H groups in total. The van der Waals surface area contributed by atoms with Crippen LogP contribution in [0.4, 0.5) is 0 Å². The Labute approximate surface area is 128 Å². The highest BCUT2D eigenvalue weighted by Crippen LogP contribution is 2.23. The van der Waals surface area contributed by atoms with Crippen LogP contribution in [0, 0.1) is 0 Å². The summed E-state index contributed by atoms with van der Waals surface area (Å²) in [5, 5.41) is 0. The summed E-state index contributed by atoms with van der Waals surface area (Å²) in [5.74, 6) is 0.306. The molecule has 0 atom stereocenters. The second-order valence-corrected chi connectivity index (χ2v) is 6.60. The van der Waals surface area contributed by atoms with Gasteiger partial charge in [-0.1, -0.05) is 19.3 Å². The number of nitrogens with zero attached hydrogens (tertiary/aromatic N) is 3. The van der Waals surface area contributed by atoms with E-state index < -0.39 is 0 Å². The first-order chi connectivity index (χ1) is 10.3. The maximum Gasteiger partial charge on any atom is 0.236 e. The van der Waals surface area contributed by atoms with Gasteiger partial charge in [-0.3, -0.25) is 14.6 Å². The largest absolute Gasteiger partial charge is 0.379 e. The molecule has 2 saturated heterocycles. The zero-order chi connectivity index (χ0) is 14.5.